The van der Waals surface area contributed by atoms with E-state index >= 15 is 0 Å². The molecule has 0 bridgehead atoms. The minimum Gasteiger partial charge on any atom is -0.370 e. The van der Waals surface area contributed by atoms with E-state index in [2.05, 4.69) is 5.32 Å². The predicted octanol–water partition coefficient (Wildman–Crippen LogP) is 0.959. The first-order valence-corrected chi connectivity index (χ1v) is 6.67. The summed E-state index contributed by atoms with van der Waals surface area (Å²) in [4.78, 5) is 34.4. The highest BCUT2D eigenvalue weighted by atomic mass is 16.2. The Morgan fingerprint density at radius 1 is 1.20 bits per heavy atom. The van der Waals surface area contributed by atoms with E-state index in [0.717, 1.165) is 5.56 Å². The van der Waals surface area contributed by atoms with E-state index in [0.29, 0.717) is 6.42 Å². The SMILES string of the molecule is CCC(=O)[C@H](CCC(N)=O)NC(=O)Cc1ccccc1. The van der Waals surface area contributed by atoms with Gasteiger partial charge in [0.25, 0.3) is 0 Å². The second-order valence-electron chi connectivity index (χ2n) is 4.61. The number of ketones is 1. The summed E-state index contributed by atoms with van der Waals surface area (Å²) in [6.07, 6.45) is 0.866. The third-order valence-corrected chi connectivity index (χ3v) is 2.96. The van der Waals surface area contributed by atoms with Gasteiger partial charge in [0.2, 0.25) is 11.8 Å². The van der Waals surface area contributed by atoms with Gasteiger partial charge in [-0.3, -0.25) is 14.4 Å². The van der Waals surface area contributed by atoms with Crippen molar-refractivity contribution >= 4 is 17.6 Å². The maximum absolute atomic E-state index is 11.9. The van der Waals surface area contributed by atoms with Gasteiger partial charge in [0, 0.05) is 12.8 Å². The maximum atomic E-state index is 11.9. The molecule has 0 aliphatic rings. The zero-order chi connectivity index (χ0) is 15.0. The first-order valence-electron chi connectivity index (χ1n) is 6.67. The predicted molar refractivity (Wildman–Crippen MR) is 75.8 cm³/mol. The first-order chi connectivity index (χ1) is 9.52. The number of carbonyl (C=O) groups is 3. The third-order valence-electron chi connectivity index (χ3n) is 2.96. The van der Waals surface area contributed by atoms with Crippen LogP contribution in [0.5, 0.6) is 0 Å². The van der Waals surface area contributed by atoms with E-state index in [9.17, 15) is 14.4 Å². The first kappa shape index (κ1) is 15.9. The van der Waals surface area contributed by atoms with Crippen molar-refractivity contribution in [1.82, 2.24) is 5.32 Å². The second-order valence-corrected chi connectivity index (χ2v) is 4.61. The summed E-state index contributed by atoms with van der Waals surface area (Å²) >= 11 is 0. The zero-order valence-corrected chi connectivity index (χ0v) is 11.6. The molecule has 0 aliphatic heterocycles. The Labute approximate surface area is 118 Å². The standard InChI is InChI=1S/C15H20N2O3/c1-2-13(18)12(8-9-14(16)19)17-15(20)10-11-6-4-3-5-7-11/h3-7,12H,2,8-10H2,1H3,(H2,16,19)(H,17,20)/t12-/m0/s1. The van der Waals surface area contributed by atoms with Crippen molar-refractivity contribution < 1.29 is 14.4 Å². The highest BCUT2D eigenvalue weighted by molar-refractivity contribution is 5.90. The molecule has 108 valence electrons. The molecule has 0 saturated heterocycles. The van der Waals surface area contributed by atoms with Crippen LogP contribution in [0.15, 0.2) is 30.3 Å². The summed E-state index contributed by atoms with van der Waals surface area (Å²) < 4.78 is 0. The van der Waals surface area contributed by atoms with Crippen molar-refractivity contribution in [1.29, 1.82) is 0 Å². The molecule has 1 aromatic carbocycles. The molecule has 0 aromatic heterocycles. The Bertz CT molecular complexity index is 471. The average molecular weight is 276 g/mol. The highest BCUT2D eigenvalue weighted by Crippen LogP contribution is 2.04. The molecule has 5 nitrogen and oxygen atoms in total. The Kier molecular flexibility index (Phi) is 6.43. The fourth-order valence-corrected chi connectivity index (χ4v) is 1.87. The molecule has 20 heavy (non-hydrogen) atoms. The van der Waals surface area contributed by atoms with E-state index in [1.54, 1.807) is 6.92 Å². The molecule has 0 unspecified atom stereocenters. The summed E-state index contributed by atoms with van der Waals surface area (Å²) in [7, 11) is 0. The number of primary amides is 1. The number of carbonyl (C=O) groups excluding carboxylic acids is 3. The lowest BCUT2D eigenvalue weighted by Gasteiger charge is -2.16. The van der Waals surface area contributed by atoms with Crippen LogP contribution in [0.2, 0.25) is 0 Å². The Balaban J connectivity index is 2.57. The van der Waals surface area contributed by atoms with Gasteiger partial charge in [0.05, 0.1) is 12.5 Å². The van der Waals surface area contributed by atoms with Crippen LogP contribution >= 0.6 is 0 Å². The smallest absolute Gasteiger partial charge is 0.224 e. The van der Waals surface area contributed by atoms with Crippen LogP contribution in [0, 0.1) is 0 Å². The molecule has 0 saturated carbocycles. The Morgan fingerprint density at radius 3 is 2.40 bits per heavy atom. The number of Topliss-reactive ketones (excluding diaryl/α,β-unsaturated/α-hetero) is 1. The summed E-state index contributed by atoms with van der Waals surface area (Å²) in [5, 5.41) is 2.68. The number of benzene rings is 1. The molecule has 2 amide bonds. The van der Waals surface area contributed by atoms with Gasteiger partial charge in [-0.1, -0.05) is 37.3 Å². The van der Waals surface area contributed by atoms with Gasteiger partial charge in [-0.15, -0.1) is 0 Å². The molecule has 0 spiro atoms. The fourth-order valence-electron chi connectivity index (χ4n) is 1.87. The molecule has 0 radical (unpaired) electrons. The van der Waals surface area contributed by atoms with Crippen LogP contribution in [0.25, 0.3) is 0 Å². The van der Waals surface area contributed by atoms with Crippen LogP contribution in [-0.2, 0) is 20.8 Å². The minimum atomic E-state index is -0.635. The van der Waals surface area contributed by atoms with Gasteiger partial charge in [-0.2, -0.15) is 0 Å². The van der Waals surface area contributed by atoms with Gasteiger partial charge < -0.3 is 11.1 Å². The van der Waals surface area contributed by atoms with E-state index in [-0.39, 0.29) is 31.0 Å². The number of rotatable bonds is 8. The molecule has 0 heterocycles. The maximum Gasteiger partial charge on any atom is 0.224 e. The van der Waals surface area contributed by atoms with E-state index in [1.165, 1.54) is 0 Å². The second kappa shape index (κ2) is 8.09. The van der Waals surface area contributed by atoms with E-state index < -0.39 is 11.9 Å². The Morgan fingerprint density at radius 2 is 1.85 bits per heavy atom. The van der Waals surface area contributed by atoms with Gasteiger partial charge in [0.15, 0.2) is 5.78 Å². The van der Waals surface area contributed by atoms with Crippen LogP contribution in [0.1, 0.15) is 31.7 Å². The monoisotopic (exact) mass is 276 g/mol. The van der Waals surface area contributed by atoms with Gasteiger partial charge in [-0.25, -0.2) is 0 Å². The number of amides is 2. The fraction of sp³-hybridized carbons (Fsp3) is 0.400. The molecule has 3 N–H and O–H groups in total. The number of nitrogens with one attached hydrogen (secondary N) is 1. The van der Waals surface area contributed by atoms with Crippen LogP contribution in [-0.4, -0.2) is 23.6 Å². The molecule has 0 aliphatic carbocycles. The van der Waals surface area contributed by atoms with Crippen LogP contribution in [0.3, 0.4) is 0 Å². The summed E-state index contributed by atoms with van der Waals surface area (Å²) in [5.41, 5.74) is 5.95. The van der Waals surface area contributed by atoms with Crippen molar-refractivity contribution in [3.63, 3.8) is 0 Å². The van der Waals surface area contributed by atoms with Crippen LogP contribution in [0.4, 0.5) is 0 Å². The lowest BCUT2D eigenvalue weighted by atomic mass is 10.0. The molecular formula is C15H20N2O3. The van der Waals surface area contributed by atoms with Crippen molar-refractivity contribution in [3.8, 4) is 0 Å². The van der Waals surface area contributed by atoms with Crippen molar-refractivity contribution in [2.24, 2.45) is 5.73 Å². The Hall–Kier alpha value is -2.17. The van der Waals surface area contributed by atoms with Gasteiger partial charge in [-0.05, 0) is 12.0 Å². The van der Waals surface area contributed by atoms with E-state index in [4.69, 9.17) is 5.73 Å². The summed E-state index contributed by atoms with van der Waals surface area (Å²) in [6, 6.07) is 8.63. The number of hydrogen-bond donors (Lipinski definition) is 2. The summed E-state index contributed by atoms with van der Waals surface area (Å²) in [5.74, 6) is -0.795. The lowest BCUT2D eigenvalue weighted by molar-refractivity contribution is -0.128. The molecular weight excluding hydrogens is 256 g/mol. The largest absolute Gasteiger partial charge is 0.370 e. The quantitative estimate of drug-likeness (QED) is 0.741. The third kappa shape index (κ3) is 5.65. The molecule has 5 heteroatoms. The topological polar surface area (TPSA) is 89.3 Å². The molecule has 1 atom stereocenters. The molecule has 0 fully saturated rings. The van der Waals surface area contributed by atoms with Crippen molar-refractivity contribution in [2.75, 3.05) is 0 Å². The van der Waals surface area contributed by atoms with Gasteiger partial charge in [0.1, 0.15) is 0 Å². The van der Waals surface area contributed by atoms with E-state index in [1.807, 2.05) is 30.3 Å². The highest BCUT2D eigenvalue weighted by Gasteiger charge is 2.19. The number of hydrogen-bond acceptors (Lipinski definition) is 3. The zero-order valence-electron chi connectivity index (χ0n) is 11.6. The van der Waals surface area contributed by atoms with Crippen molar-refractivity contribution in [3.05, 3.63) is 35.9 Å². The summed E-state index contributed by atoms with van der Waals surface area (Å²) in [6.45, 7) is 1.73. The lowest BCUT2D eigenvalue weighted by Crippen LogP contribution is -2.41. The van der Waals surface area contributed by atoms with Gasteiger partial charge >= 0.3 is 0 Å². The number of nitrogens with two attached hydrogens (primary N) is 1. The molecule has 1 aromatic rings. The average Bonchev–Trinajstić information content (AvgIpc) is 2.43. The minimum absolute atomic E-state index is 0.0853. The molecule has 1 rings (SSSR count). The van der Waals surface area contributed by atoms with Crippen LogP contribution < -0.4 is 11.1 Å². The normalized spacial score (nSPS) is 11.7. The van der Waals surface area contributed by atoms with Crippen molar-refractivity contribution in [2.45, 2.75) is 38.6 Å².